The predicted octanol–water partition coefficient (Wildman–Crippen LogP) is 4.87. The molecule has 5 rings (SSSR count). The number of pyridine rings is 1. The van der Waals surface area contributed by atoms with Crippen LogP contribution in [-0.4, -0.2) is 44.2 Å². The number of piperidine rings is 1. The van der Waals surface area contributed by atoms with Crippen molar-refractivity contribution in [2.75, 3.05) is 18.6 Å². The third kappa shape index (κ3) is 4.65. The summed E-state index contributed by atoms with van der Waals surface area (Å²) >= 11 is 6.79. The number of rotatable bonds is 6. The minimum absolute atomic E-state index is 0.184. The fourth-order valence-corrected chi connectivity index (χ4v) is 6.06. The highest BCUT2D eigenvalue weighted by Gasteiger charge is 2.33. The number of thioether (sulfide) groups is 1. The zero-order valence-corrected chi connectivity index (χ0v) is 22.0. The number of carbonyl (C=O) groups excluding carboxylic acids is 1. The molecule has 4 heterocycles. The van der Waals surface area contributed by atoms with Crippen molar-refractivity contribution < 1.29 is 9.53 Å². The SMILES string of the molecule is CCC1CCCCN1c1nc2ccccn2c(=O)c1/C=C1/SC(=S)N(Cc2ccc(OC)cc2)C1=O. The molecule has 2 saturated heterocycles. The summed E-state index contributed by atoms with van der Waals surface area (Å²) in [5.41, 5.74) is 1.79. The molecule has 2 aromatic heterocycles. The molecule has 0 radical (unpaired) electrons. The van der Waals surface area contributed by atoms with Crippen LogP contribution in [0.4, 0.5) is 5.82 Å². The number of aromatic nitrogens is 2. The molecule has 1 atom stereocenters. The van der Waals surface area contributed by atoms with Crippen molar-refractivity contribution in [3.63, 3.8) is 0 Å². The second-order valence-electron chi connectivity index (χ2n) is 8.95. The Morgan fingerprint density at radius 1 is 1.17 bits per heavy atom. The van der Waals surface area contributed by atoms with Crippen LogP contribution in [0.25, 0.3) is 11.7 Å². The lowest BCUT2D eigenvalue weighted by atomic mass is 9.99. The normalized spacial score (nSPS) is 19.5. The maximum absolute atomic E-state index is 13.7. The number of fused-ring (bicyclic) bond motifs is 1. The van der Waals surface area contributed by atoms with Crippen molar-refractivity contribution in [3.8, 4) is 5.75 Å². The van der Waals surface area contributed by atoms with Crippen molar-refractivity contribution in [1.29, 1.82) is 0 Å². The molecule has 0 spiro atoms. The predicted molar refractivity (Wildman–Crippen MR) is 148 cm³/mol. The standard InChI is InChI=1S/C27H28N4O3S2/c1-3-19-8-4-6-14-29(19)24-21(25(32)30-15-7-5-9-23(30)28-24)16-22-26(33)31(27(35)36-22)17-18-10-12-20(34-2)13-11-18/h5,7,9-13,15-16,19H,3-4,6,8,14,17H2,1-2H3/b22-16+. The maximum Gasteiger partial charge on any atom is 0.267 e. The second kappa shape index (κ2) is 10.4. The van der Waals surface area contributed by atoms with E-state index < -0.39 is 0 Å². The monoisotopic (exact) mass is 520 g/mol. The summed E-state index contributed by atoms with van der Waals surface area (Å²) in [6.45, 7) is 3.37. The third-order valence-corrected chi connectivity index (χ3v) is 8.15. The average molecular weight is 521 g/mol. The fourth-order valence-electron chi connectivity index (χ4n) is 4.82. The van der Waals surface area contributed by atoms with Crippen LogP contribution < -0.4 is 15.2 Å². The topological polar surface area (TPSA) is 67.2 Å². The molecule has 2 aliphatic heterocycles. The summed E-state index contributed by atoms with van der Waals surface area (Å²) in [4.78, 5) is 36.3. The molecule has 7 nitrogen and oxygen atoms in total. The van der Waals surface area contributed by atoms with E-state index in [1.165, 1.54) is 18.2 Å². The van der Waals surface area contributed by atoms with E-state index in [1.54, 1.807) is 28.7 Å². The van der Waals surface area contributed by atoms with Crippen LogP contribution in [0.3, 0.4) is 0 Å². The number of thiocarbonyl (C=S) groups is 1. The molecule has 9 heteroatoms. The number of anilines is 1. The van der Waals surface area contributed by atoms with Gasteiger partial charge in [0.25, 0.3) is 11.5 Å². The molecule has 36 heavy (non-hydrogen) atoms. The first-order valence-electron chi connectivity index (χ1n) is 12.2. The molecule has 0 aliphatic carbocycles. The minimum atomic E-state index is -0.199. The van der Waals surface area contributed by atoms with E-state index in [-0.39, 0.29) is 11.5 Å². The van der Waals surface area contributed by atoms with Crippen LogP contribution in [0.2, 0.25) is 0 Å². The first-order chi connectivity index (χ1) is 17.5. The fraction of sp³-hybridized carbons (Fsp3) is 0.333. The Hall–Kier alpha value is -3.17. The Labute approximate surface area is 219 Å². The number of methoxy groups -OCH3 is 1. The van der Waals surface area contributed by atoms with Gasteiger partial charge < -0.3 is 9.64 Å². The van der Waals surface area contributed by atoms with Gasteiger partial charge in [0.05, 0.1) is 24.1 Å². The van der Waals surface area contributed by atoms with Crippen LogP contribution in [0.5, 0.6) is 5.75 Å². The van der Waals surface area contributed by atoms with Gasteiger partial charge in [-0.05, 0) is 61.6 Å². The lowest BCUT2D eigenvalue weighted by molar-refractivity contribution is -0.122. The van der Waals surface area contributed by atoms with Crippen LogP contribution >= 0.6 is 24.0 Å². The zero-order valence-electron chi connectivity index (χ0n) is 20.3. The molecule has 3 aromatic rings. The molecule has 0 saturated carbocycles. The summed E-state index contributed by atoms with van der Waals surface area (Å²) in [6.07, 6.45) is 7.67. The van der Waals surface area contributed by atoms with Gasteiger partial charge in [0, 0.05) is 18.8 Å². The lowest BCUT2D eigenvalue weighted by Crippen LogP contribution is -2.41. The molecule has 2 aliphatic rings. The number of carbonyl (C=O) groups is 1. The van der Waals surface area contributed by atoms with Crippen molar-refractivity contribution in [2.24, 2.45) is 0 Å². The Morgan fingerprint density at radius 2 is 1.97 bits per heavy atom. The Bertz CT molecular complexity index is 1400. The van der Waals surface area contributed by atoms with Crippen molar-refractivity contribution in [2.45, 2.75) is 45.2 Å². The Kier molecular flexibility index (Phi) is 7.11. The quantitative estimate of drug-likeness (QED) is 0.339. The van der Waals surface area contributed by atoms with E-state index in [0.717, 1.165) is 37.1 Å². The van der Waals surface area contributed by atoms with Crippen LogP contribution in [0.1, 0.15) is 43.7 Å². The first-order valence-corrected chi connectivity index (χ1v) is 13.4. The molecule has 1 aromatic carbocycles. The summed E-state index contributed by atoms with van der Waals surface area (Å²) in [6, 6.07) is 13.4. The number of ether oxygens (including phenoxy) is 1. The van der Waals surface area contributed by atoms with Gasteiger partial charge in [0.2, 0.25) is 0 Å². The summed E-state index contributed by atoms with van der Waals surface area (Å²) in [5, 5.41) is 0. The van der Waals surface area contributed by atoms with E-state index in [0.29, 0.717) is 38.8 Å². The third-order valence-electron chi connectivity index (χ3n) is 6.77. The molecule has 0 bridgehead atoms. The molecule has 186 valence electrons. The number of hydrogen-bond acceptors (Lipinski definition) is 7. The van der Waals surface area contributed by atoms with E-state index in [4.69, 9.17) is 21.9 Å². The maximum atomic E-state index is 13.7. The smallest absolute Gasteiger partial charge is 0.267 e. The molecular weight excluding hydrogens is 492 g/mol. The van der Waals surface area contributed by atoms with Gasteiger partial charge in [-0.25, -0.2) is 4.98 Å². The highest BCUT2D eigenvalue weighted by atomic mass is 32.2. The number of amides is 1. The lowest BCUT2D eigenvalue weighted by Gasteiger charge is -2.37. The average Bonchev–Trinajstić information content (AvgIpc) is 3.17. The van der Waals surface area contributed by atoms with Gasteiger partial charge in [0.1, 0.15) is 21.5 Å². The van der Waals surface area contributed by atoms with E-state index in [9.17, 15) is 9.59 Å². The first kappa shape index (κ1) is 24.5. The highest BCUT2D eigenvalue weighted by Crippen LogP contribution is 2.35. The number of nitrogens with zero attached hydrogens (tertiary/aromatic N) is 4. The minimum Gasteiger partial charge on any atom is -0.497 e. The number of hydrogen-bond donors (Lipinski definition) is 0. The van der Waals surface area contributed by atoms with E-state index in [1.807, 2.05) is 42.5 Å². The summed E-state index contributed by atoms with van der Waals surface area (Å²) in [7, 11) is 1.62. The second-order valence-corrected chi connectivity index (χ2v) is 10.6. The largest absolute Gasteiger partial charge is 0.497 e. The van der Waals surface area contributed by atoms with Crippen LogP contribution in [0.15, 0.2) is 58.4 Å². The Balaban J connectivity index is 1.54. The van der Waals surface area contributed by atoms with Crippen LogP contribution in [-0.2, 0) is 11.3 Å². The molecule has 1 amide bonds. The van der Waals surface area contributed by atoms with Crippen molar-refractivity contribution in [1.82, 2.24) is 14.3 Å². The molecule has 2 fully saturated rings. The van der Waals surface area contributed by atoms with Crippen LogP contribution in [0, 0.1) is 0 Å². The molecule has 1 unspecified atom stereocenters. The van der Waals surface area contributed by atoms with Crippen molar-refractivity contribution >= 4 is 51.7 Å². The molecule has 0 N–H and O–H groups in total. The summed E-state index contributed by atoms with van der Waals surface area (Å²) < 4.78 is 7.24. The van der Waals surface area contributed by atoms with Crippen molar-refractivity contribution in [3.05, 3.63) is 75.0 Å². The summed E-state index contributed by atoms with van der Waals surface area (Å²) in [5.74, 6) is 1.21. The van der Waals surface area contributed by atoms with Gasteiger partial charge in [-0.1, -0.05) is 49.1 Å². The van der Waals surface area contributed by atoms with Gasteiger partial charge in [-0.2, -0.15) is 0 Å². The number of benzene rings is 1. The Morgan fingerprint density at radius 3 is 2.72 bits per heavy atom. The van der Waals surface area contributed by atoms with Gasteiger partial charge in [-0.15, -0.1) is 0 Å². The zero-order chi connectivity index (χ0) is 25.2. The van der Waals surface area contributed by atoms with Gasteiger partial charge >= 0.3 is 0 Å². The van der Waals surface area contributed by atoms with Gasteiger partial charge in [-0.3, -0.25) is 18.9 Å². The van der Waals surface area contributed by atoms with Gasteiger partial charge in [0.15, 0.2) is 0 Å². The van der Waals surface area contributed by atoms with E-state index >= 15 is 0 Å². The highest BCUT2D eigenvalue weighted by molar-refractivity contribution is 8.26. The van der Waals surface area contributed by atoms with E-state index in [2.05, 4.69) is 11.8 Å². The molecular formula is C27H28N4O3S2.